The summed E-state index contributed by atoms with van der Waals surface area (Å²) in [6.07, 6.45) is 2.53. The van der Waals surface area contributed by atoms with Crippen molar-refractivity contribution >= 4 is 17.3 Å². The SMILES string of the molecule is Nc1cc(N)cc(C(=O)NCCN2CCCC2)c1. The average Bonchev–Trinajstić information content (AvgIpc) is 2.80. The number of nitrogens with two attached hydrogens (primary N) is 2. The minimum Gasteiger partial charge on any atom is -0.399 e. The Balaban J connectivity index is 1.83. The van der Waals surface area contributed by atoms with E-state index in [9.17, 15) is 4.79 Å². The largest absolute Gasteiger partial charge is 0.399 e. The molecule has 5 heteroatoms. The Hall–Kier alpha value is -1.75. The van der Waals surface area contributed by atoms with Gasteiger partial charge in [-0.1, -0.05) is 0 Å². The van der Waals surface area contributed by atoms with Crippen molar-refractivity contribution in [2.75, 3.05) is 37.6 Å². The molecule has 0 aromatic heterocycles. The van der Waals surface area contributed by atoms with Crippen molar-refractivity contribution in [2.45, 2.75) is 12.8 Å². The third kappa shape index (κ3) is 3.37. The molecule has 0 spiro atoms. The van der Waals surface area contributed by atoms with Crippen LogP contribution in [0.15, 0.2) is 18.2 Å². The van der Waals surface area contributed by atoms with Crippen LogP contribution in [0.3, 0.4) is 0 Å². The van der Waals surface area contributed by atoms with E-state index in [-0.39, 0.29) is 5.91 Å². The molecule has 0 bridgehead atoms. The van der Waals surface area contributed by atoms with E-state index in [2.05, 4.69) is 10.2 Å². The normalized spacial score (nSPS) is 15.8. The summed E-state index contributed by atoms with van der Waals surface area (Å²) in [5.41, 5.74) is 12.9. The molecule has 5 N–H and O–H groups in total. The first-order valence-electron chi connectivity index (χ1n) is 6.32. The van der Waals surface area contributed by atoms with Gasteiger partial charge in [-0.25, -0.2) is 0 Å². The number of hydrogen-bond donors (Lipinski definition) is 3. The van der Waals surface area contributed by atoms with Gasteiger partial charge in [-0.3, -0.25) is 4.79 Å². The summed E-state index contributed by atoms with van der Waals surface area (Å²) >= 11 is 0. The van der Waals surface area contributed by atoms with E-state index >= 15 is 0 Å². The van der Waals surface area contributed by atoms with Crippen LogP contribution in [0.2, 0.25) is 0 Å². The molecule has 0 unspecified atom stereocenters. The fraction of sp³-hybridized carbons (Fsp3) is 0.462. The zero-order valence-corrected chi connectivity index (χ0v) is 10.5. The molecule has 0 saturated carbocycles. The number of likely N-dealkylation sites (tertiary alicyclic amines) is 1. The third-order valence-electron chi connectivity index (χ3n) is 3.15. The zero-order chi connectivity index (χ0) is 13.0. The van der Waals surface area contributed by atoms with Gasteiger partial charge in [0.2, 0.25) is 0 Å². The van der Waals surface area contributed by atoms with Gasteiger partial charge >= 0.3 is 0 Å². The lowest BCUT2D eigenvalue weighted by Gasteiger charge is -2.14. The smallest absolute Gasteiger partial charge is 0.251 e. The molecule has 1 aliphatic heterocycles. The van der Waals surface area contributed by atoms with Gasteiger partial charge in [0.1, 0.15) is 0 Å². The van der Waals surface area contributed by atoms with Gasteiger partial charge in [0.05, 0.1) is 0 Å². The molecule has 1 aliphatic rings. The van der Waals surface area contributed by atoms with Crippen LogP contribution in [0.4, 0.5) is 11.4 Å². The Bertz CT molecular complexity index is 407. The van der Waals surface area contributed by atoms with E-state index in [0.29, 0.717) is 23.5 Å². The molecule has 2 rings (SSSR count). The Kier molecular flexibility index (Phi) is 4.04. The fourth-order valence-corrected chi connectivity index (χ4v) is 2.24. The minimum atomic E-state index is -0.117. The summed E-state index contributed by atoms with van der Waals surface area (Å²) in [5, 5.41) is 2.89. The highest BCUT2D eigenvalue weighted by molar-refractivity contribution is 5.96. The predicted octanol–water partition coefficient (Wildman–Crippen LogP) is 0.677. The summed E-state index contributed by atoms with van der Waals surface area (Å²) in [7, 11) is 0. The molecule has 0 radical (unpaired) electrons. The molecule has 0 aliphatic carbocycles. The van der Waals surface area contributed by atoms with Crippen molar-refractivity contribution < 1.29 is 4.79 Å². The van der Waals surface area contributed by atoms with Crippen molar-refractivity contribution in [1.82, 2.24) is 10.2 Å². The highest BCUT2D eigenvalue weighted by Gasteiger charge is 2.12. The highest BCUT2D eigenvalue weighted by atomic mass is 16.1. The summed E-state index contributed by atoms with van der Waals surface area (Å²) in [6.45, 7) is 3.85. The number of nitrogens with zero attached hydrogens (tertiary/aromatic N) is 1. The second-order valence-electron chi connectivity index (χ2n) is 4.69. The summed E-state index contributed by atoms with van der Waals surface area (Å²) < 4.78 is 0. The maximum Gasteiger partial charge on any atom is 0.251 e. The van der Waals surface area contributed by atoms with E-state index in [0.717, 1.165) is 19.6 Å². The molecular formula is C13H20N4O. The van der Waals surface area contributed by atoms with Gasteiger partial charge in [-0.2, -0.15) is 0 Å². The van der Waals surface area contributed by atoms with E-state index in [1.54, 1.807) is 18.2 Å². The zero-order valence-electron chi connectivity index (χ0n) is 10.5. The first-order chi connectivity index (χ1) is 8.65. The van der Waals surface area contributed by atoms with Crippen LogP contribution < -0.4 is 16.8 Å². The molecule has 5 nitrogen and oxygen atoms in total. The van der Waals surface area contributed by atoms with Gasteiger partial charge in [0.25, 0.3) is 5.91 Å². The van der Waals surface area contributed by atoms with E-state index in [4.69, 9.17) is 11.5 Å². The number of anilines is 2. The summed E-state index contributed by atoms with van der Waals surface area (Å²) in [5.74, 6) is -0.117. The second-order valence-corrected chi connectivity index (χ2v) is 4.69. The number of nitrogen functional groups attached to an aromatic ring is 2. The topological polar surface area (TPSA) is 84.4 Å². The van der Waals surface area contributed by atoms with Gasteiger partial charge in [0.15, 0.2) is 0 Å². The Morgan fingerprint density at radius 2 is 1.78 bits per heavy atom. The van der Waals surface area contributed by atoms with Crippen LogP contribution in [0.25, 0.3) is 0 Å². The van der Waals surface area contributed by atoms with Crippen LogP contribution in [0.5, 0.6) is 0 Å². The Morgan fingerprint density at radius 1 is 1.17 bits per heavy atom. The lowest BCUT2D eigenvalue weighted by atomic mass is 10.1. The Labute approximate surface area is 107 Å². The first kappa shape index (κ1) is 12.7. The van der Waals surface area contributed by atoms with E-state index < -0.39 is 0 Å². The highest BCUT2D eigenvalue weighted by Crippen LogP contribution is 2.13. The van der Waals surface area contributed by atoms with Crippen molar-refractivity contribution in [3.05, 3.63) is 23.8 Å². The molecule has 98 valence electrons. The summed E-state index contributed by atoms with van der Waals surface area (Å²) in [6, 6.07) is 4.92. The van der Waals surface area contributed by atoms with Gasteiger partial charge in [-0.05, 0) is 44.1 Å². The molecule has 0 atom stereocenters. The van der Waals surface area contributed by atoms with Crippen LogP contribution in [0, 0.1) is 0 Å². The number of rotatable bonds is 4. The van der Waals surface area contributed by atoms with Crippen LogP contribution in [-0.2, 0) is 0 Å². The predicted molar refractivity (Wildman–Crippen MR) is 73.3 cm³/mol. The minimum absolute atomic E-state index is 0.117. The fourth-order valence-electron chi connectivity index (χ4n) is 2.24. The number of carbonyl (C=O) groups excluding carboxylic acids is 1. The van der Waals surface area contributed by atoms with Gasteiger partial charge in [-0.15, -0.1) is 0 Å². The molecule has 1 saturated heterocycles. The number of carbonyl (C=O) groups is 1. The average molecular weight is 248 g/mol. The number of hydrogen-bond acceptors (Lipinski definition) is 4. The number of nitrogens with one attached hydrogen (secondary N) is 1. The maximum atomic E-state index is 11.9. The summed E-state index contributed by atoms with van der Waals surface area (Å²) in [4.78, 5) is 14.2. The lowest BCUT2D eigenvalue weighted by Crippen LogP contribution is -2.33. The van der Waals surface area contributed by atoms with Gasteiger partial charge in [0, 0.05) is 30.0 Å². The molecule has 1 heterocycles. The third-order valence-corrected chi connectivity index (χ3v) is 3.15. The van der Waals surface area contributed by atoms with Gasteiger partial charge < -0.3 is 21.7 Å². The molecule has 1 aromatic carbocycles. The lowest BCUT2D eigenvalue weighted by molar-refractivity contribution is 0.0950. The number of amides is 1. The van der Waals surface area contributed by atoms with E-state index in [1.807, 2.05) is 0 Å². The van der Waals surface area contributed by atoms with Crippen molar-refractivity contribution in [3.8, 4) is 0 Å². The van der Waals surface area contributed by atoms with Crippen molar-refractivity contribution in [1.29, 1.82) is 0 Å². The maximum absolute atomic E-state index is 11.9. The van der Waals surface area contributed by atoms with E-state index in [1.165, 1.54) is 12.8 Å². The van der Waals surface area contributed by atoms with Crippen molar-refractivity contribution in [2.24, 2.45) is 0 Å². The number of benzene rings is 1. The molecule has 1 amide bonds. The van der Waals surface area contributed by atoms with Crippen LogP contribution >= 0.6 is 0 Å². The molecule has 1 fully saturated rings. The quantitative estimate of drug-likeness (QED) is 0.684. The monoisotopic (exact) mass is 248 g/mol. The first-order valence-corrected chi connectivity index (χ1v) is 6.32. The van der Waals surface area contributed by atoms with Crippen molar-refractivity contribution in [3.63, 3.8) is 0 Å². The van der Waals surface area contributed by atoms with Crippen LogP contribution in [0.1, 0.15) is 23.2 Å². The molecule has 1 aromatic rings. The Morgan fingerprint density at radius 3 is 2.39 bits per heavy atom. The second kappa shape index (κ2) is 5.73. The van der Waals surface area contributed by atoms with Crippen LogP contribution in [-0.4, -0.2) is 37.0 Å². The molecule has 18 heavy (non-hydrogen) atoms. The molecular weight excluding hydrogens is 228 g/mol. The standard InChI is InChI=1S/C13H20N4O/c14-11-7-10(8-12(15)9-11)13(18)16-3-6-17-4-1-2-5-17/h7-9H,1-6,14-15H2,(H,16,18).